The number of aromatic hydroxyl groups is 1. The Bertz CT molecular complexity index is 2000. The van der Waals surface area contributed by atoms with Gasteiger partial charge in [-0.25, -0.2) is 0 Å². The third-order valence-electron chi connectivity index (χ3n) is 10.0. The normalized spacial score (nSPS) is 15.2. The summed E-state index contributed by atoms with van der Waals surface area (Å²) in [6, 6.07) is 4.56. The molecule has 15 N–H and O–H groups in total. The second-order valence-electron chi connectivity index (χ2n) is 15.3. The molecule has 62 heavy (non-hydrogen) atoms. The number of hydrogen-bond acceptors (Lipinski definition) is 13. The zero-order valence-electron chi connectivity index (χ0n) is 34.9. The molecule has 19 nitrogen and oxygen atoms in total. The number of amides is 7. The van der Waals surface area contributed by atoms with Crippen molar-refractivity contribution in [2.24, 2.45) is 23.1 Å². The van der Waals surface area contributed by atoms with Gasteiger partial charge in [0.25, 0.3) is 0 Å². The number of nitrogens with two attached hydrogens (primary N) is 3. The number of H-pyrrole nitrogens is 1. The van der Waals surface area contributed by atoms with Crippen LogP contribution in [0.4, 0.5) is 0 Å². The predicted octanol–water partition coefficient (Wildman–Crippen LogP) is -1.59. The number of primary amides is 1. The Balaban J connectivity index is 1.93. The summed E-state index contributed by atoms with van der Waals surface area (Å²) in [6.45, 7) is 4.86. The van der Waals surface area contributed by atoms with Crippen molar-refractivity contribution in [2.45, 2.75) is 101 Å². The van der Waals surface area contributed by atoms with Gasteiger partial charge in [-0.1, -0.05) is 44.2 Å². The SMILES string of the molecule is CC(C)[C@H](NC(=O)[C@H](CCCCN)NC(=O)[C@@H](Cc1c[nH]c2ccccc12)NC(=O)[C@@H](Cc1ccc(O)cc1)NC(=O)[C@H](N)CS)C(=O)N[C@@H](CS)C(=O)N[C@H](C(N)=O)[C@@H](C)O. The zero-order valence-corrected chi connectivity index (χ0v) is 36.7. The van der Waals surface area contributed by atoms with E-state index in [0.717, 1.165) is 10.9 Å². The van der Waals surface area contributed by atoms with Gasteiger partial charge in [0.05, 0.1) is 12.1 Å². The fourth-order valence-electron chi connectivity index (χ4n) is 6.40. The van der Waals surface area contributed by atoms with Crippen LogP contribution < -0.4 is 49.1 Å². The van der Waals surface area contributed by atoms with Crippen LogP contribution in [-0.2, 0) is 46.4 Å². The van der Waals surface area contributed by atoms with Crippen LogP contribution in [0.5, 0.6) is 5.75 Å². The highest BCUT2D eigenvalue weighted by Crippen LogP contribution is 2.20. The first kappa shape index (κ1) is 51.0. The van der Waals surface area contributed by atoms with Gasteiger partial charge < -0.3 is 64.3 Å². The van der Waals surface area contributed by atoms with Crippen LogP contribution in [0.25, 0.3) is 10.9 Å². The summed E-state index contributed by atoms with van der Waals surface area (Å²) in [6.07, 6.45) is 1.26. The highest BCUT2D eigenvalue weighted by molar-refractivity contribution is 7.80. The standard InChI is InChI=1S/C41H60N10O9S2/c1-21(2)33(41(60)49-32(20-62)40(59)51-34(22(3)52)35(44)54)50-37(56)29(10-6-7-15-42)46-39(58)31(17-24-18-45-28-9-5-4-8-26(24)28)48-38(57)30(47-36(55)27(43)19-61)16-23-11-13-25(53)14-12-23/h4-5,8-9,11-14,18,21-22,27,29-34,45,52-53,61-62H,6-7,10,15-17,19-20,42-43H2,1-3H3,(H2,44,54)(H,46,58)(H,47,55)(H,48,57)(H,49,60)(H,50,56)(H,51,59)/t22-,27-,29+,30-,31-,32+,33+,34+/m1/s1. The molecule has 0 spiro atoms. The van der Waals surface area contributed by atoms with E-state index >= 15 is 0 Å². The van der Waals surface area contributed by atoms with E-state index in [2.05, 4.69) is 62.1 Å². The van der Waals surface area contributed by atoms with Gasteiger partial charge in [-0.05, 0) is 68.0 Å². The van der Waals surface area contributed by atoms with E-state index in [4.69, 9.17) is 17.2 Å². The molecule has 3 rings (SSSR count). The summed E-state index contributed by atoms with van der Waals surface area (Å²) in [5.41, 5.74) is 19.0. The number of aromatic amines is 1. The summed E-state index contributed by atoms with van der Waals surface area (Å²) in [5.74, 6) is -6.28. The van der Waals surface area contributed by atoms with E-state index in [1.165, 1.54) is 19.1 Å². The quantitative estimate of drug-likeness (QED) is 0.0340. The number of nitrogens with one attached hydrogen (secondary N) is 7. The first-order valence-corrected chi connectivity index (χ1v) is 21.5. The van der Waals surface area contributed by atoms with Gasteiger partial charge >= 0.3 is 0 Å². The molecule has 8 atom stereocenters. The highest BCUT2D eigenvalue weighted by Gasteiger charge is 2.35. The van der Waals surface area contributed by atoms with Gasteiger partial charge in [0.1, 0.15) is 42.0 Å². The minimum absolute atomic E-state index is 0.00492. The van der Waals surface area contributed by atoms with Gasteiger partial charge in [-0.3, -0.25) is 33.6 Å². The van der Waals surface area contributed by atoms with E-state index in [9.17, 15) is 43.8 Å². The molecular formula is C41H60N10O9S2. The molecule has 1 aromatic heterocycles. The van der Waals surface area contributed by atoms with Crippen LogP contribution in [0.1, 0.15) is 51.2 Å². The number of para-hydroxylation sites is 1. The smallest absolute Gasteiger partial charge is 0.244 e. The molecule has 0 saturated carbocycles. The van der Waals surface area contributed by atoms with Crippen molar-refractivity contribution in [3.8, 4) is 5.75 Å². The molecule has 340 valence electrons. The van der Waals surface area contributed by atoms with Gasteiger partial charge in [0.2, 0.25) is 41.4 Å². The van der Waals surface area contributed by atoms with Crippen LogP contribution in [0.3, 0.4) is 0 Å². The Kier molecular flexibility index (Phi) is 20.5. The van der Waals surface area contributed by atoms with Crippen molar-refractivity contribution in [3.05, 3.63) is 65.9 Å². The van der Waals surface area contributed by atoms with E-state index < -0.39 is 95.7 Å². The number of aromatic nitrogens is 1. The number of phenols is 1. The molecule has 21 heteroatoms. The third-order valence-corrected chi connectivity index (χ3v) is 10.8. The first-order valence-electron chi connectivity index (χ1n) is 20.2. The summed E-state index contributed by atoms with van der Waals surface area (Å²) in [5, 5.41) is 36.2. The fourth-order valence-corrected chi connectivity index (χ4v) is 6.83. The molecule has 3 aromatic rings. The van der Waals surface area contributed by atoms with E-state index in [1.807, 2.05) is 24.3 Å². The maximum Gasteiger partial charge on any atom is 0.244 e. The molecule has 0 bridgehead atoms. The maximum absolute atomic E-state index is 14.4. The number of carbonyl (C=O) groups excluding carboxylic acids is 7. The molecule has 0 unspecified atom stereocenters. The average molecular weight is 901 g/mol. The minimum atomic E-state index is -1.44. The highest BCUT2D eigenvalue weighted by atomic mass is 32.1. The number of aliphatic hydroxyl groups excluding tert-OH is 1. The lowest BCUT2D eigenvalue weighted by Gasteiger charge is -2.29. The molecule has 0 aliphatic carbocycles. The minimum Gasteiger partial charge on any atom is -0.508 e. The Morgan fingerprint density at radius 2 is 1.23 bits per heavy atom. The molecular weight excluding hydrogens is 841 g/mol. The molecule has 0 aliphatic rings. The van der Waals surface area contributed by atoms with Crippen molar-refractivity contribution in [1.29, 1.82) is 0 Å². The van der Waals surface area contributed by atoms with Crippen molar-refractivity contribution < 1.29 is 43.8 Å². The average Bonchev–Trinajstić information content (AvgIpc) is 3.65. The van der Waals surface area contributed by atoms with Crippen LogP contribution >= 0.6 is 25.3 Å². The van der Waals surface area contributed by atoms with Gasteiger partial charge in [0.15, 0.2) is 0 Å². The summed E-state index contributed by atoms with van der Waals surface area (Å²) in [7, 11) is 0. The Morgan fingerprint density at radius 1 is 0.677 bits per heavy atom. The lowest BCUT2D eigenvalue weighted by atomic mass is 10.00. The molecule has 0 saturated heterocycles. The number of thiol groups is 2. The summed E-state index contributed by atoms with van der Waals surface area (Å²) in [4.78, 5) is 97.1. The summed E-state index contributed by atoms with van der Waals surface area (Å²) < 4.78 is 0. The lowest BCUT2D eigenvalue weighted by Crippen LogP contribution is -2.61. The van der Waals surface area contributed by atoms with Gasteiger partial charge in [0, 0.05) is 41.4 Å². The Morgan fingerprint density at radius 3 is 1.81 bits per heavy atom. The first-order chi connectivity index (χ1) is 29.4. The third kappa shape index (κ3) is 15.2. The lowest BCUT2D eigenvalue weighted by molar-refractivity contribution is -0.136. The molecule has 0 fully saturated rings. The molecule has 1 heterocycles. The topological polar surface area (TPSA) is 326 Å². The van der Waals surface area contributed by atoms with E-state index in [0.29, 0.717) is 30.5 Å². The van der Waals surface area contributed by atoms with Crippen LogP contribution in [-0.4, -0.2) is 123 Å². The maximum atomic E-state index is 14.4. The largest absolute Gasteiger partial charge is 0.508 e. The molecule has 2 aromatic carbocycles. The number of fused-ring (bicyclic) bond motifs is 1. The second-order valence-corrected chi connectivity index (χ2v) is 16.0. The molecule has 7 amide bonds. The number of benzene rings is 2. The number of rotatable bonds is 25. The monoisotopic (exact) mass is 900 g/mol. The summed E-state index contributed by atoms with van der Waals surface area (Å²) >= 11 is 8.26. The number of carbonyl (C=O) groups is 7. The number of hydrogen-bond donors (Lipinski definition) is 14. The van der Waals surface area contributed by atoms with Gasteiger partial charge in [-0.15, -0.1) is 0 Å². The number of aliphatic hydroxyl groups is 1. The van der Waals surface area contributed by atoms with Crippen molar-refractivity contribution >= 4 is 77.5 Å². The Labute approximate surface area is 371 Å². The number of phenolic OH excluding ortho intramolecular Hbond substituents is 1. The second kappa shape index (κ2) is 24.9. The Hall–Kier alpha value is -5.35. The van der Waals surface area contributed by atoms with Gasteiger partial charge in [-0.2, -0.15) is 25.3 Å². The zero-order chi connectivity index (χ0) is 46.1. The predicted molar refractivity (Wildman–Crippen MR) is 240 cm³/mol. The molecule has 0 aliphatic heterocycles. The number of unbranched alkanes of at least 4 members (excludes halogenated alkanes) is 1. The van der Waals surface area contributed by atoms with E-state index in [-0.39, 0.29) is 36.5 Å². The van der Waals surface area contributed by atoms with Crippen molar-refractivity contribution in [1.82, 2.24) is 36.9 Å². The van der Waals surface area contributed by atoms with Crippen LogP contribution in [0.2, 0.25) is 0 Å². The van der Waals surface area contributed by atoms with Crippen molar-refractivity contribution in [3.63, 3.8) is 0 Å². The fraction of sp³-hybridized carbons (Fsp3) is 0.488. The molecule has 0 radical (unpaired) electrons. The van der Waals surface area contributed by atoms with Crippen LogP contribution in [0.15, 0.2) is 54.7 Å². The van der Waals surface area contributed by atoms with E-state index in [1.54, 1.807) is 32.2 Å². The van der Waals surface area contributed by atoms with Crippen LogP contribution in [0, 0.1) is 5.92 Å². The van der Waals surface area contributed by atoms with Crippen molar-refractivity contribution in [2.75, 3.05) is 18.1 Å².